The van der Waals surface area contributed by atoms with E-state index in [0.717, 1.165) is 18.8 Å². The lowest BCUT2D eigenvalue weighted by Gasteiger charge is -2.21. The van der Waals surface area contributed by atoms with Gasteiger partial charge < -0.3 is 14.1 Å². The molecule has 0 aliphatic carbocycles. The maximum atomic E-state index is 13.3. The molecule has 0 aliphatic heterocycles. The van der Waals surface area contributed by atoms with E-state index in [4.69, 9.17) is 14.4 Å². The Bertz CT molecular complexity index is 1410. The van der Waals surface area contributed by atoms with E-state index < -0.39 is 11.4 Å². The van der Waals surface area contributed by atoms with E-state index in [2.05, 4.69) is 18.7 Å². The Morgan fingerprint density at radius 2 is 1.65 bits per heavy atom. The molecule has 34 heavy (non-hydrogen) atoms. The summed E-state index contributed by atoms with van der Waals surface area (Å²) < 4.78 is 11.7. The molecule has 0 fully saturated rings. The lowest BCUT2D eigenvalue weighted by molar-refractivity contribution is -0.133. The van der Waals surface area contributed by atoms with Crippen LogP contribution in [0.5, 0.6) is 5.75 Å². The summed E-state index contributed by atoms with van der Waals surface area (Å²) in [7, 11) is 0. The average molecular weight is 453 g/mol. The number of carbonyl (C=O) groups excluding carboxylic acids is 1. The van der Waals surface area contributed by atoms with E-state index in [9.17, 15) is 9.59 Å². The van der Waals surface area contributed by atoms with Gasteiger partial charge in [-0.2, -0.15) is 5.26 Å². The number of benzene rings is 3. The fourth-order valence-electron chi connectivity index (χ4n) is 3.83. The van der Waals surface area contributed by atoms with E-state index in [0.29, 0.717) is 27.7 Å². The second-order valence-electron chi connectivity index (χ2n) is 7.76. The Morgan fingerprint density at radius 1 is 0.971 bits per heavy atom. The first-order chi connectivity index (χ1) is 16.5. The molecule has 0 amide bonds. The fourth-order valence-corrected chi connectivity index (χ4v) is 3.83. The molecular weight excluding hydrogens is 428 g/mol. The number of fused-ring (bicyclic) bond motifs is 1. The van der Waals surface area contributed by atoms with Crippen LogP contribution in [0, 0.1) is 11.3 Å². The highest BCUT2D eigenvalue weighted by molar-refractivity contribution is 5.85. The predicted molar refractivity (Wildman–Crippen MR) is 132 cm³/mol. The van der Waals surface area contributed by atoms with Gasteiger partial charge in [-0.1, -0.05) is 24.3 Å². The summed E-state index contributed by atoms with van der Waals surface area (Å²) in [6.07, 6.45) is -0.0433. The summed E-state index contributed by atoms with van der Waals surface area (Å²) in [6, 6.07) is 23.2. The molecule has 0 saturated carbocycles. The second-order valence-corrected chi connectivity index (χ2v) is 7.76. The molecule has 1 heterocycles. The zero-order chi connectivity index (χ0) is 24.1. The largest absolute Gasteiger partial charge is 0.452 e. The number of hydrogen-bond donors (Lipinski definition) is 0. The molecule has 0 saturated heterocycles. The van der Waals surface area contributed by atoms with Crippen molar-refractivity contribution in [3.8, 4) is 23.1 Å². The molecule has 6 nitrogen and oxygen atoms in total. The van der Waals surface area contributed by atoms with Gasteiger partial charge in [0.15, 0.2) is 5.76 Å². The van der Waals surface area contributed by atoms with Crippen molar-refractivity contribution in [3.05, 3.63) is 94.1 Å². The Kier molecular flexibility index (Phi) is 6.74. The van der Waals surface area contributed by atoms with Gasteiger partial charge in [-0.15, -0.1) is 0 Å². The molecule has 0 aliphatic rings. The van der Waals surface area contributed by atoms with E-state index in [-0.39, 0.29) is 17.9 Å². The number of hydrogen-bond acceptors (Lipinski definition) is 6. The number of rotatable bonds is 7. The smallest absolute Gasteiger partial charge is 0.315 e. The highest BCUT2D eigenvalue weighted by atomic mass is 16.5. The van der Waals surface area contributed by atoms with Crippen LogP contribution in [0.1, 0.15) is 25.0 Å². The molecule has 0 N–H and O–H groups in total. The van der Waals surface area contributed by atoms with Crippen molar-refractivity contribution in [3.63, 3.8) is 0 Å². The SMILES string of the molecule is CCN(CC)c1ccc(-c2oc3ccccc3c(=O)c2OC(=O)Cc2ccc(C#N)cc2)cc1. The summed E-state index contributed by atoms with van der Waals surface area (Å²) in [5.41, 5.74) is 2.89. The quantitative estimate of drug-likeness (QED) is 0.353. The molecule has 0 spiro atoms. The lowest BCUT2D eigenvalue weighted by atomic mass is 10.1. The Morgan fingerprint density at radius 3 is 2.29 bits per heavy atom. The van der Waals surface area contributed by atoms with Gasteiger partial charge in [0.2, 0.25) is 11.2 Å². The van der Waals surface area contributed by atoms with Crippen molar-refractivity contribution in [2.24, 2.45) is 0 Å². The summed E-state index contributed by atoms with van der Waals surface area (Å²) in [5, 5.41) is 9.29. The number of nitriles is 1. The molecule has 170 valence electrons. The summed E-state index contributed by atoms with van der Waals surface area (Å²) in [6.45, 7) is 5.93. The van der Waals surface area contributed by atoms with E-state index in [1.165, 1.54) is 0 Å². The van der Waals surface area contributed by atoms with Crippen LogP contribution in [0.3, 0.4) is 0 Å². The van der Waals surface area contributed by atoms with Gasteiger partial charge in [-0.25, -0.2) is 0 Å². The average Bonchev–Trinajstić information content (AvgIpc) is 2.87. The number of esters is 1. The number of carbonyl (C=O) groups is 1. The first-order valence-electron chi connectivity index (χ1n) is 11.1. The Labute approximate surface area is 197 Å². The van der Waals surface area contributed by atoms with E-state index in [1.54, 1.807) is 48.5 Å². The highest BCUT2D eigenvalue weighted by Crippen LogP contribution is 2.32. The van der Waals surface area contributed by atoms with Crippen LogP contribution in [0.25, 0.3) is 22.3 Å². The molecule has 6 heteroatoms. The monoisotopic (exact) mass is 452 g/mol. The highest BCUT2D eigenvalue weighted by Gasteiger charge is 2.21. The fraction of sp³-hybridized carbons (Fsp3) is 0.179. The first kappa shape index (κ1) is 22.8. The minimum absolute atomic E-state index is 0.0433. The summed E-state index contributed by atoms with van der Waals surface area (Å²) in [4.78, 5) is 28.2. The molecule has 4 aromatic rings. The third kappa shape index (κ3) is 4.69. The first-order valence-corrected chi connectivity index (χ1v) is 11.1. The van der Waals surface area contributed by atoms with Crippen LogP contribution in [0.4, 0.5) is 5.69 Å². The van der Waals surface area contributed by atoms with Gasteiger partial charge >= 0.3 is 5.97 Å². The third-order valence-corrected chi connectivity index (χ3v) is 5.66. The molecular formula is C28H24N2O4. The second kappa shape index (κ2) is 10.1. The molecule has 3 aromatic carbocycles. The molecule has 0 bridgehead atoms. The van der Waals surface area contributed by atoms with Crippen LogP contribution in [-0.4, -0.2) is 19.1 Å². The minimum Gasteiger partial charge on any atom is -0.452 e. The molecule has 0 unspecified atom stereocenters. The summed E-state index contributed by atoms with van der Waals surface area (Å²) >= 11 is 0. The normalized spacial score (nSPS) is 10.6. The Balaban J connectivity index is 1.72. The van der Waals surface area contributed by atoms with E-state index in [1.807, 2.05) is 30.3 Å². The molecule has 4 rings (SSSR count). The Hall–Kier alpha value is -4.37. The number of para-hydroxylation sites is 1. The minimum atomic E-state index is -0.590. The zero-order valence-electron chi connectivity index (χ0n) is 19.1. The predicted octanol–water partition coefficient (Wildman–Crippen LogP) is 5.33. The van der Waals surface area contributed by atoms with Gasteiger partial charge in [-0.05, 0) is 67.9 Å². The zero-order valence-corrected chi connectivity index (χ0v) is 19.1. The third-order valence-electron chi connectivity index (χ3n) is 5.66. The van der Waals surface area contributed by atoms with Crippen molar-refractivity contribution in [2.75, 3.05) is 18.0 Å². The van der Waals surface area contributed by atoms with Crippen molar-refractivity contribution in [2.45, 2.75) is 20.3 Å². The topological polar surface area (TPSA) is 83.5 Å². The van der Waals surface area contributed by atoms with Gasteiger partial charge in [0.25, 0.3) is 0 Å². The van der Waals surface area contributed by atoms with Crippen molar-refractivity contribution >= 4 is 22.6 Å². The molecule has 1 aromatic heterocycles. The number of ether oxygens (including phenoxy) is 1. The van der Waals surface area contributed by atoms with E-state index >= 15 is 0 Å². The van der Waals surface area contributed by atoms with Gasteiger partial charge in [0, 0.05) is 24.3 Å². The lowest BCUT2D eigenvalue weighted by Crippen LogP contribution is -2.21. The van der Waals surface area contributed by atoms with Gasteiger partial charge in [-0.3, -0.25) is 9.59 Å². The molecule has 0 atom stereocenters. The van der Waals surface area contributed by atoms with Gasteiger partial charge in [0.05, 0.1) is 23.4 Å². The summed E-state index contributed by atoms with van der Waals surface area (Å²) in [5.74, 6) is -0.510. The number of nitrogens with zero attached hydrogens (tertiary/aromatic N) is 2. The van der Waals surface area contributed by atoms with Crippen molar-refractivity contribution in [1.82, 2.24) is 0 Å². The maximum Gasteiger partial charge on any atom is 0.315 e. The van der Waals surface area contributed by atoms with Crippen molar-refractivity contribution in [1.29, 1.82) is 5.26 Å². The van der Waals surface area contributed by atoms with Crippen LogP contribution >= 0.6 is 0 Å². The van der Waals surface area contributed by atoms with Gasteiger partial charge in [0.1, 0.15) is 5.58 Å². The van der Waals surface area contributed by atoms with Crippen LogP contribution in [-0.2, 0) is 11.2 Å². The molecule has 0 radical (unpaired) electrons. The van der Waals surface area contributed by atoms with Crippen LogP contribution in [0.15, 0.2) is 82.0 Å². The maximum absolute atomic E-state index is 13.3. The van der Waals surface area contributed by atoms with Crippen LogP contribution < -0.4 is 15.1 Å². The number of anilines is 1. The standard InChI is InChI=1S/C28H24N2O4/c1-3-30(4-2)22-15-13-21(14-16-22)27-28(26(32)23-7-5-6-8-24(23)33-27)34-25(31)17-19-9-11-20(18-29)12-10-19/h5-16H,3-4,17H2,1-2H3. The van der Waals surface area contributed by atoms with Crippen LogP contribution in [0.2, 0.25) is 0 Å². The van der Waals surface area contributed by atoms with Crippen molar-refractivity contribution < 1.29 is 13.9 Å².